The maximum atomic E-state index is 6.19. The van der Waals surface area contributed by atoms with Gasteiger partial charge in [-0.15, -0.1) is 0 Å². The van der Waals surface area contributed by atoms with Gasteiger partial charge in [-0.1, -0.05) is 57.3 Å². The summed E-state index contributed by atoms with van der Waals surface area (Å²) in [5, 5.41) is 1.29. The molecular weight excluding hydrogens is 335 g/mol. The van der Waals surface area contributed by atoms with Crippen LogP contribution in [0.4, 0.5) is 0 Å². The predicted molar refractivity (Wildman–Crippen MR) is 80.2 cm³/mol. The molecule has 0 aromatic heterocycles. The van der Waals surface area contributed by atoms with Crippen LogP contribution in [-0.2, 0) is 0 Å². The lowest BCUT2D eigenvalue weighted by atomic mass is 10.0. The lowest BCUT2D eigenvalue weighted by molar-refractivity contribution is 0.414. The van der Waals surface area contributed by atoms with E-state index in [-0.39, 0.29) is 4.83 Å². The average molecular weight is 346 g/mol. The standard InChI is InChI=1S/C14H11BrCl2O/c1-18-11-5-2-9(3-6-11)14(15)12-7-4-10(16)8-13(12)17/h2-8,14H,1H3. The molecule has 0 aliphatic rings. The molecule has 0 spiro atoms. The van der Waals surface area contributed by atoms with Gasteiger partial charge in [0, 0.05) is 10.0 Å². The highest BCUT2D eigenvalue weighted by Crippen LogP contribution is 2.36. The van der Waals surface area contributed by atoms with Crippen LogP contribution in [0, 0.1) is 0 Å². The van der Waals surface area contributed by atoms with Crippen molar-refractivity contribution in [2.24, 2.45) is 0 Å². The van der Waals surface area contributed by atoms with E-state index in [1.165, 1.54) is 0 Å². The maximum absolute atomic E-state index is 6.19. The molecular formula is C14H11BrCl2O. The third-order valence-corrected chi connectivity index (χ3v) is 4.23. The van der Waals surface area contributed by atoms with E-state index in [0.29, 0.717) is 10.0 Å². The first-order chi connectivity index (χ1) is 8.61. The highest BCUT2D eigenvalue weighted by molar-refractivity contribution is 9.09. The molecule has 2 aromatic carbocycles. The fourth-order valence-electron chi connectivity index (χ4n) is 1.66. The van der Waals surface area contributed by atoms with Crippen LogP contribution in [0.1, 0.15) is 16.0 Å². The van der Waals surface area contributed by atoms with E-state index in [1.54, 1.807) is 13.2 Å². The Bertz CT molecular complexity index is 540. The number of methoxy groups -OCH3 is 1. The molecule has 2 aromatic rings. The quantitative estimate of drug-likeness (QED) is 0.668. The number of alkyl halides is 1. The van der Waals surface area contributed by atoms with Crippen molar-refractivity contribution in [3.63, 3.8) is 0 Å². The highest BCUT2D eigenvalue weighted by Gasteiger charge is 2.14. The van der Waals surface area contributed by atoms with Crippen LogP contribution in [0.25, 0.3) is 0 Å². The molecule has 2 rings (SSSR count). The summed E-state index contributed by atoms with van der Waals surface area (Å²) in [7, 11) is 1.65. The van der Waals surface area contributed by atoms with E-state index < -0.39 is 0 Å². The monoisotopic (exact) mass is 344 g/mol. The second kappa shape index (κ2) is 5.96. The second-order valence-electron chi connectivity index (χ2n) is 3.80. The van der Waals surface area contributed by atoms with Crippen molar-refractivity contribution in [3.8, 4) is 5.75 Å². The molecule has 4 heteroatoms. The van der Waals surface area contributed by atoms with Crippen LogP contribution in [-0.4, -0.2) is 7.11 Å². The summed E-state index contributed by atoms with van der Waals surface area (Å²) in [6.45, 7) is 0. The zero-order valence-electron chi connectivity index (χ0n) is 9.66. The Morgan fingerprint density at radius 3 is 2.28 bits per heavy atom. The minimum atomic E-state index is 0.0353. The SMILES string of the molecule is COc1ccc(C(Br)c2ccc(Cl)cc2Cl)cc1. The molecule has 0 fully saturated rings. The molecule has 0 radical (unpaired) electrons. The Kier molecular flexibility index (Phi) is 4.55. The van der Waals surface area contributed by atoms with Crippen LogP contribution >= 0.6 is 39.1 Å². The first-order valence-corrected chi connectivity index (χ1v) is 7.02. The number of halogens is 3. The first-order valence-electron chi connectivity index (χ1n) is 5.35. The molecule has 1 nitrogen and oxygen atoms in total. The van der Waals surface area contributed by atoms with Crippen LogP contribution in [0.2, 0.25) is 10.0 Å². The molecule has 0 N–H and O–H groups in total. The Morgan fingerprint density at radius 1 is 1.06 bits per heavy atom. The molecule has 0 saturated carbocycles. The molecule has 0 heterocycles. The van der Waals surface area contributed by atoms with Gasteiger partial charge in [0.05, 0.1) is 11.9 Å². The average Bonchev–Trinajstić information content (AvgIpc) is 2.38. The first kappa shape index (κ1) is 13.7. The van der Waals surface area contributed by atoms with Gasteiger partial charge in [0.1, 0.15) is 5.75 Å². The van der Waals surface area contributed by atoms with Gasteiger partial charge in [0.25, 0.3) is 0 Å². The number of hydrogen-bond donors (Lipinski definition) is 0. The Balaban J connectivity index is 2.31. The molecule has 1 unspecified atom stereocenters. The molecule has 18 heavy (non-hydrogen) atoms. The third-order valence-electron chi connectivity index (χ3n) is 2.64. The molecule has 1 atom stereocenters. The summed E-state index contributed by atoms with van der Waals surface area (Å²) in [4.78, 5) is 0.0353. The Hall–Kier alpha value is -0.700. The number of rotatable bonds is 3. The van der Waals surface area contributed by atoms with Crippen molar-refractivity contribution in [3.05, 3.63) is 63.6 Å². The fourth-order valence-corrected chi connectivity index (χ4v) is 3.01. The summed E-state index contributed by atoms with van der Waals surface area (Å²) in [5.74, 6) is 0.834. The minimum absolute atomic E-state index is 0.0353. The van der Waals surface area contributed by atoms with Gasteiger partial charge < -0.3 is 4.74 Å². The van der Waals surface area contributed by atoms with Crippen molar-refractivity contribution < 1.29 is 4.74 Å². The van der Waals surface area contributed by atoms with Crippen LogP contribution in [0.15, 0.2) is 42.5 Å². The number of hydrogen-bond acceptors (Lipinski definition) is 1. The van der Waals surface area contributed by atoms with Crippen LogP contribution in [0.3, 0.4) is 0 Å². The molecule has 0 aliphatic carbocycles. The van der Waals surface area contributed by atoms with E-state index in [9.17, 15) is 0 Å². The topological polar surface area (TPSA) is 9.23 Å². The van der Waals surface area contributed by atoms with Crippen molar-refractivity contribution in [1.29, 1.82) is 0 Å². The van der Waals surface area contributed by atoms with Crippen molar-refractivity contribution in [2.75, 3.05) is 7.11 Å². The van der Waals surface area contributed by atoms with Crippen LogP contribution < -0.4 is 4.74 Å². The molecule has 0 bridgehead atoms. The van der Waals surface area contributed by atoms with Gasteiger partial charge in [-0.3, -0.25) is 0 Å². The van der Waals surface area contributed by atoms with E-state index in [2.05, 4.69) is 15.9 Å². The zero-order chi connectivity index (χ0) is 13.1. The Labute approximate surface area is 125 Å². The smallest absolute Gasteiger partial charge is 0.118 e. The van der Waals surface area contributed by atoms with Crippen LogP contribution in [0.5, 0.6) is 5.75 Å². The summed E-state index contributed by atoms with van der Waals surface area (Å²) in [6.07, 6.45) is 0. The minimum Gasteiger partial charge on any atom is -0.497 e. The molecule has 0 amide bonds. The van der Waals surface area contributed by atoms with Crippen molar-refractivity contribution in [1.82, 2.24) is 0 Å². The van der Waals surface area contributed by atoms with Gasteiger partial charge >= 0.3 is 0 Å². The predicted octanol–water partition coefficient (Wildman–Crippen LogP) is 5.49. The van der Waals surface area contributed by atoms with Crippen molar-refractivity contribution >= 4 is 39.1 Å². The maximum Gasteiger partial charge on any atom is 0.118 e. The van der Waals surface area contributed by atoms with E-state index in [1.807, 2.05) is 36.4 Å². The molecule has 0 aliphatic heterocycles. The molecule has 94 valence electrons. The molecule has 0 saturated heterocycles. The van der Waals surface area contributed by atoms with E-state index in [0.717, 1.165) is 16.9 Å². The lowest BCUT2D eigenvalue weighted by Gasteiger charge is -2.13. The van der Waals surface area contributed by atoms with Crippen molar-refractivity contribution in [2.45, 2.75) is 4.83 Å². The summed E-state index contributed by atoms with van der Waals surface area (Å²) in [5.41, 5.74) is 2.10. The number of ether oxygens (including phenoxy) is 1. The Morgan fingerprint density at radius 2 is 1.72 bits per heavy atom. The zero-order valence-corrected chi connectivity index (χ0v) is 12.8. The van der Waals surface area contributed by atoms with Gasteiger partial charge in [-0.2, -0.15) is 0 Å². The van der Waals surface area contributed by atoms with Gasteiger partial charge in [0.2, 0.25) is 0 Å². The summed E-state index contributed by atoms with van der Waals surface area (Å²) >= 11 is 15.7. The van der Waals surface area contributed by atoms with Gasteiger partial charge in [-0.25, -0.2) is 0 Å². The third kappa shape index (κ3) is 3.00. The largest absolute Gasteiger partial charge is 0.497 e. The van der Waals surface area contributed by atoms with E-state index in [4.69, 9.17) is 27.9 Å². The fraction of sp³-hybridized carbons (Fsp3) is 0.143. The van der Waals surface area contributed by atoms with E-state index >= 15 is 0 Å². The number of benzene rings is 2. The second-order valence-corrected chi connectivity index (χ2v) is 5.56. The van der Waals surface area contributed by atoms with Gasteiger partial charge in [0.15, 0.2) is 0 Å². The summed E-state index contributed by atoms with van der Waals surface area (Å²) in [6, 6.07) is 13.4. The summed E-state index contributed by atoms with van der Waals surface area (Å²) < 4.78 is 5.14. The normalized spacial score (nSPS) is 12.2. The highest BCUT2D eigenvalue weighted by atomic mass is 79.9. The lowest BCUT2D eigenvalue weighted by Crippen LogP contribution is -1.94. The van der Waals surface area contributed by atoms with Gasteiger partial charge in [-0.05, 0) is 35.4 Å².